The second kappa shape index (κ2) is 6.86. The zero-order chi connectivity index (χ0) is 14.4. The normalized spacial score (nSPS) is 10.5. The summed E-state index contributed by atoms with van der Waals surface area (Å²) in [6.07, 6.45) is 4.87. The summed E-state index contributed by atoms with van der Waals surface area (Å²) in [5, 5.41) is 5.90. The predicted molar refractivity (Wildman–Crippen MR) is 80.5 cm³/mol. The zero-order valence-electron chi connectivity index (χ0n) is 11.9. The smallest absolute Gasteiger partial charge is 0.221 e. The van der Waals surface area contributed by atoms with Crippen molar-refractivity contribution in [2.45, 2.75) is 19.9 Å². The molecule has 0 aliphatic rings. The molecule has 1 aromatic carbocycles. The third-order valence-electron chi connectivity index (χ3n) is 3.00. The van der Waals surface area contributed by atoms with Crippen molar-refractivity contribution in [1.29, 1.82) is 0 Å². The number of imidazole rings is 1. The minimum atomic E-state index is -0.0636. The van der Waals surface area contributed by atoms with Crippen molar-refractivity contribution in [3.8, 4) is 11.4 Å². The first-order valence-electron chi connectivity index (χ1n) is 6.74. The summed E-state index contributed by atoms with van der Waals surface area (Å²) in [5.41, 5.74) is 1.85. The van der Waals surface area contributed by atoms with Gasteiger partial charge in [0.2, 0.25) is 5.91 Å². The lowest BCUT2D eigenvalue weighted by molar-refractivity contribution is -0.114. The van der Waals surface area contributed by atoms with Gasteiger partial charge in [0.25, 0.3) is 0 Å². The van der Waals surface area contributed by atoms with Crippen LogP contribution in [0.5, 0.6) is 0 Å². The van der Waals surface area contributed by atoms with Gasteiger partial charge in [0, 0.05) is 37.1 Å². The average molecular weight is 272 g/mol. The van der Waals surface area contributed by atoms with E-state index in [1.54, 1.807) is 0 Å². The number of rotatable bonds is 6. The molecule has 0 saturated heterocycles. The molecule has 2 aromatic rings. The van der Waals surface area contributed by atoms with Gasteiger partial charge in [0.05, 0.1) is 0 Å². The minimum Gasteiger partial charge on any atom is -0.331 e. The fourth-order valence-corrected chi connectivity index (χ4v) is 2.08. The Balaban J connectivity index is 2.11. The first-order chi connectivity index (χ1) is 9.70. The number of amides is 1. The molecule has 1 aromatic heterocycles. The summed E-state index contributed by atoms with van der Waals surface area (Å²) in [4.78, 5) is 15.4. The highest BCUT2D eigenvalue weighted by Gasteiger charge is 2.06. The van der Waals surface area contributed by atoms with Crippen LogP contribution >= 0.6 is 0 Å². The number of carbonyl (C=O) groups is 1. The maximum Gasteiger partial charge on any atom is 0.221 e. The topological polar surface area (TPSA) is 59.0 Å². The van der Waals surface area contributed by atoms with Crippen LogP contribution in [-0.4, -0.2) is 29.1 Å². The van der Waals surface area contributed by atoms with Gasteiger partial charge < -0.3 is 15.2 Å². The molecule has 0 spiro atoms. The summed E-state index contributed by atoms with van der Waals surface area (Å²) in [7, 11) is 1.95. The van der Waals surface area contributed by atoms with Gasteiger partial charge >= 0.3 is 0 Å². The van der Waals surface area contributed by atoms with Crippen LogP contribution < -0.4 is 10.6 Å². The van der Waals surface area contributed by atoms with E-state index in [-0.39, 0.29) is 5.91 Å². The number of aryl methyl sites for hydroxylation is 1. The highest BCUT2D eigenvalue weighted by Crippen LogP contribution is 2.20. The van der Waals surface area contributed by atoms with Crippen LogP contribution in [0.4, 0.5) is 5.69 Å². The molecule has 0 aliphatic heterocycles. The van der Waals surface area contributed by atoms with E-state index in [9.17, 15) is 4.79 Å². The summed E-state index contributed by atoms with van der Waals surface area (Å²) in [5.74, 6) is 0.891. The van der Waals surface area contributed by atoms with Crippen LogP contribution in [0, 0.1) is 0 Å². The number of nitrogens with one attached hydrogen (secondary N) is 2. The van der Waals surface area contributed by atoms with Crippen molar-refractivity contribution < 1.29 is 4.79 Å². The molecular formula is C15H20N4O. The summed E-state index contributed by atoms with van der Waals surface area (Å²) in [6, 6.07) is 7.73. The number of benzene rings is 1. The Labute approximate surface area is 119 Å². The van der Waals surface area contributed by atoms with Crippen LogP contribution in [0.1, 0.15) is 13.3 Å². The highest BCUT2D eigenvalue weighted by atomic mass is 16.1. The van der Waals surface area contributed by atoms with Gasteiger partial charge in [-0.3, -0.25) is 4.79 Å². The Morgan fingerprint density at radius 1 is 1.30 bits per heavy atom. The summed E-state index contributed by atoms with van der Waals surface area (Å²) < 4.78 is 2.14. The Hall–Kier alpha value is -2.14. The molecule has 2 N–H and O–H groups in total. The molecule has 0 unspecified atom stereocenters. The third kappa shape index (κ3) is 3.68. The first-order valence-corrected chi connectivity index (χ1v) is 6.74. The molecule has 0 saturated carbocycles. The second-order valence-corrected chi connectivity index (χ2v) is 4.66. The first kappa shape index (κ1) is 14.3. The van der Waals surface area contributed by atoms with Gasteiger partial charge in [-0.1, -0.05) is 0 Å². The minimum absolute atomic E-state index is 0.0636. The molecule has 0 aliphatic carbocycles. The van der Waals surface area contributed by atoms with E-state index >= 15 is 0 Å². The van der Waals surface area contributed by atoms with Crippen molar-refractivity contribution in [3.63, 3.8) is 0 Å². The second-order valence-electron chi connectivity index (χ2n) is 4.66. The van der Waals surface area contributed by atoms with Gasteiger partial charge in [-0.2, -0.15) is 0 Å². The molecule has 0 atom stereocenters. The standard InChI is InChI=1S/C15H20N4O/c1-12(20)18-14-6-4-13(5-7-14)15-17-9-11-19(15)10-3-8-16-2/h4-7,9,11,16H,3,8,10H2,1-2H3,(H,18,20). The van der Waals surface area contributed by atoms with Gasteiger partial charge in [-0.25, -0.2) is 4.98 Å². The lowest BCUT2D eigenvalue weighted by Gasteiger charge is -2.08. The largest absolute Gasteiger partial charge is 0.331 e. The molecule has 5 heteroatoms. The van der Waals surface area contributed by atoms with E-state index < -0.39 is 0 Å². The molecule has 20 heavy (non-hydrogen) atoms. The molecule has 2 rings (SSSR count). The Kier molecular flexibility index (Phi) is 4.90. The van der Waals surface area contributed by atoms with Crippen LogP contribution in [0.3, 0.4) is 0 Å². The van der Waals surface area contributed by atoms with Crippen LogP contribution in [0.25, 0.3) is 11.4 Å². The van der Waals surface area contributed by atoms with Crippen LogP contribution in [0.15, 0.2) is 36.7 Å². The van der Waals surface area contributed by atoms with E-state index in [1.165, 1.54) is 6.92 Å². The number of carbonyl (C=O) groups excluding carboxylic acids is 1. The summed E-state index contributed by atoms with van der Waals surface area (Å²) in [6.45, 7) is 3.42. The van der Waals surface area contributed by atoms with Crippen molar-refractivity contribution in [2.24, 2.45) is 0 Å². The highest BCUT2D eigenvalue weighted by molar-refractivity contribution is 5.88. The fraction of sp³-hybridized carbons (Fsp3) is 0.333. The lowest BCUT2D eigenvalue weighted by Crippen LogP contribution is -2.11. The molecule has 1 amide bonds. The number of hydrogen-bond acceptors (Lipinski definition) is 3. The Morgan fingerprint density at radius 2 is 2.05 bits per heavy atom. The van der Waals surface area contributed by atoms with E-state index in [1.807, 2.05) is 43.7 Å². The molecule has 0 bridgehead atoms. The maximum atomic E-state index is 11.0. The van der Waals surface area contributed by atoms with Crippen LogP contribution in [0.2, 0.25) is 0 Å². The number of hydrogen-bond donors (Lipinski definition) is 2. The van der Waals surface area contributed by atoms with E-state index in [0.29, 0.717) is 0 Å². The van der Waals surface area contributed by atoms with Crippen LogP contribution in [-0.2, 0) is 11.3 Å². The third-order valence-corrected chi connectivity index (χ3v) is 3.00. The zero-order valence-corrected chi connectivity index (χ0v) is 11.9. The number of nitrogens with zero attached hydrogens (tertiary/aromatic N) is 2. The number of aromatic nitrogens is 2. The van der Waals surface area contributed by atoms with Gasteiger partial charge in [-0.15, -0.1) is 0 Å². The molecular weight excluding hydrogens is 252 g/mol. The van der Waals surface area contributed by atoms with Gasteiger partial charge in [0.1, 0.15) is 5.82 Å². The molecule has 1 heterocycles. The van der Waals surface area contributed by atoms with Gasteiger partial charge in [-0.05, 0) is 44.3 Å². The molecule has 0 fully saturated rings. The quantitative estimate of drug-likeness (QED) is 0.792. The molecule has 5 nitrogen and oxygen atoms in total. The lowest BCUT2D eigenvalue weighted by atomic mass is 10.2. The summed E-state index contributed by atoms with van der Waals surface area (Å²) >= 11 is 0. The van der Waals surface area contributed by atoms with Crippen molar-refractivity contribution in [1.82, 2.24) is 14.9 Å². The fourth-order valence-electron chi connectivity index (χ4n) is 2.08. The monoisotopic (exact) mass is 272 g/mol. The van der Waals surface area contributed by atoms with Crippen molar-refractivity contribution in [2.75, 3.05) is 18.9 Å². The van der Waals surface area contributed by atoms with E-state index in [2.05, 4.69) is 20.2 Å². The van der Waals surface area contributed by atoms with Crippen molar-refractivity contribution in [3.05, 3.63) is 36.7 Å². The molecule has 0 radical (unpaired) electrons. The van der Waals surface area contributed by atoms with Crippen molar-refractivity contribution >= 4 is 11.6 Å². The number of anilines is 1. The molecule has 106 valence electrons. The Morgan fingerprint density at radius 3 is 2.70 bits per heavy atom. The van der Waals surface area contributed by atoms with E-state index in [0.717, 1.165) is 36.6 Å². The average Bonchev–Trinajstić information content (AvgIpc) is 2.88. The predicted octanol–water partition coefficient (Wildman–Crippen LogP) is 2.12. The Bertz CT molecular complexity index is 560. The maximum absolute atomic E-state index is 11.0. The van der Waals surface area contributed by atoms with Gasteiger partial charge in [0.15, 0.2) is 0 Å². The van der Waals surface area contributed by atoms with E-state index in [4.69, 9.17) is 0 Å². The SMILES string of the molecule is CNCCCn1ccnc1-c1ccc(NC(C)=O)cc1.